The van der Waals surface area contributed by atoms with Crippen LogP contribution in [0.25, 0.3) is 0 Å². The van der Waals surface area contributed by atoms with Gasteiger partial charge in [-0.05, 0) is 29.8 Å². The van der Waals surface area contributed by atoms with Crippen LogP contribution in [-0.2, 0) is 20.9 Å². The van der Waals surface area contributed by atoms with Gasteiger partial charge in [0.1, 0.15) is 0 Å². The summed E-state index contributed by atoms with van der Waals surface area (Å²) in [5.74, 6) is 0. The standard InChI is InChI=1S/C12H11NO3S/c14-17(15,12-4-2-1-3-5-12)16-10-11-6-8-13-9-7-11/h1-9H,10H2. The number of benzene rings is 1. The lowest BCUT2D eigenvalue weighted by atomic mass is 10.3. The first-order chi connectivity index (χ1) is 8.18. The SMILES string of the molecule is O=S(=O)(OCc1ccncc1)c1ccccc1. The van der Waals surface area contributed by atoms with E-state index >= 15 is 0 Å². The van der Waals surface area contributed by atoms with Crippen molar-refractivity contribution in [2.24, 2.45) is 0 Å². The van der Waals surface area contributed by atoms with Gasteiger partial charge in [0.05, 0.1) is 11.5 Å². The van der Waals surface area contributed by atoms with Gasteiger partial charge in [0.2, 0.25) is 0 Å². The number of rotatable bonds is 4. The van der Waals surface area contributed by atoms with Crippen LogP contribution in [0.2, 0.25) is 0 Å². The van der Waals surface area contributed by atoms with Gasteiger partial charge in [-0.2, -0.15) is 8.42 Å². The number of nitrogens with zero attached hydrogens (tertiary/aromatic N) is 1. The van der Waals surface area contributed by atoms with Crippen molar-refractivity contribution >= 4 is 10.1 Å². The summed E-state index contributed by atoms with van der Waals surface area (Å²) in [4.78, 5) is 4.00. The van der Waals surface area contributed by atoms with E-state index < -0.39 is 10.1 Å². The van der Waals surface area contributed by atoms with Gasteiger partial charge >= 0.3 is 0 Å². The molecule has 4 nitrogen and oxygen atoms in total. The Labute approximate surface area is 100 Å². The van der Waals surface area contributed by atoms with Crippen molar-refractivity contribution in [3.8, 4) is 0 Å². The minimum absolute atomic E-state index is 0.0136. The first-order valence-electron chi connectivity index (χ1n) is 5.02. The summed E-state index contributed by atoms with van der Waals surface area (Å²) in [7, 11) is -3.68. The molecule has 0 aliphatic rings. The molecule has 0 fully saturated rings. The van der Waals surface area contributed by atoms with Crippen LogP contribution in [-0.4, -0.2) is 13.4 Å². The maximum atomic E-state index is 11.8. The fourth-order valence-corrected chi connectivity index (χ4v) is 2.20. The van der Waals surface area contributed by atoms with Gasteiger partial charge in [-0.25, -0.2) is 0 Å². The maximum Gasteiger partial charge on any atom is 0.297 e. The van der Waals surface area contributed by atoms with Crippen LogP contribution in [0, 0.1) is 0 Å². The van der Waals surface area contributed by atoms with Gasteiger partial charge in [0.15, 0.2) is 0 Å². The molecule has 0 radical (unpaired) electrons. The van der Waals surface area contributed by atoms with Crippen molar-refractivity contribution in [1.82, 2.24) is 4.98 Å². The van der Waals surface area contributed by atoms with E-state index in [9.17, 15) is 8.42 Å². The van der Waals surface area contributed by atoms with Gasteiger partial charge in [-0.15, -0.1) is 0 Å². The summed E-state index contributed by atoms with van der Waals surface area (Å²) in [5.41, 5.74) is 0.763. The highest BCUT2D eigenvalue weighted by Crippen LogP contribution is 2.13. The molecule has 0 N–H and O–H groups in total. The Morgan fingerprint density at radius 2 is 1.65 bits per heavy atom. The van der Waals surface area contributed by atoms with E-state index in [-0.39, 0.29) is 11.5 Å². The summed E-state index contributed by atoms with van der Waals surface area (Å²) < 4.78 is 28.5. The van der Waals surface area contributed by atoms with Crippen LogP contribution < -0.4 is 0 Å². The molecule has 17 heavy (non-hydrogen) atoms. The molecule has 0 atom stereocenters. The van der Waals surface area contributed by atoms with E-state index in [0.29, 0.717) is 0 Å². The molecule has 0 aliphatic carbocycles. The van der Waals surface area contributed by atoms with Crippen molar-refractivity contribution in [1.29, 1.82) is 0 Å². The van der Waals surface area contributed by atoms with E-state index in [0.717, 1.165) is 5.56 Å². The summed E-state index contributed by atoms with van der Waals surface area (Å²) in [6.07, 6.45) is 3.18. The average molecular weight is 249 g/mol. The quantitative estimate of drug-likeness (QED) is 0.777. The smallest absolute Gasteiger partial charge is 0.265 e. The molecule has 1 heterocycles. The van der Waals surface area contributed by atoms with Gasteiger partial charge in [-0.3, -0.25) is 9.17 Å². The zero-order valence-corrected chi connectivity index (χ0v) is 9.80. The first-order valence-corrected chi connectivity index (χ1v) is 6.43. The molecular weight excluding hydrogens is 238 g/mol. The molecule has 0 spiro atoms. The number of pyridine rings is 1. The normalized spacial score (nSPS) is 11.3. The van der Waals surface area contributed by atoms with E-state index in [1.54, 1.807) is 42.7 Å². The van der Waals surface area contributed by atoms with E-state index in [4.69, 9.17) is 4.18 Å². The van der Waals surface area contributed by atoms with E-state index in [1.165, 1.54) is 12.1 Å². The molecule has 0 saturated heterocycles. The molecule has 2 aromatic rings. The summed E-state index contributed by atoms with van der Waals surface area (Å²) in [6.45, 7) is 0.0136. The average Bonchev–Trinajstić information content (AvgIpc) is 2.39. The minimum Gasteiger partial charge on any atom is -0.265 e. The summed E-state index contributed by atoms with van der Waals surface area (Å²) in [6, 6.07) is 11.5. The topological polar surface area (TPSA) is 56.3 Å². The fourth-order valence-electron chi connectivity index (χ4n) is 1.28. The Morgan fingerprint density at radius 1 is 1.00 bits per heavy atom. The Balaban J connectivity index is 2.09. The maximum absolute atomic E-state index is 11.8. The molecular formula is C12H11NO3S. The summed E-state index contributed by atoms with van der Waals surface area (Å²) >= 11 is 0. The van der Waals surface area contributed by atoms with Crippen molar-refractivity contribution < 1.29 is 12.6 Å². The number of hydrogen-bond donors (Lipinski definition) is 0. The monoisotopic (exact) mass is 249 g/mol. The molecule has 5 heteroatoms. The molecule has 0 saturated carbocycles. The second-order valence-electron chi connectivity index (χ2n) is 3.38. The molecule has 1 aromatic carbocycles. The predicted molar refractivity (Wildman–Crippen MR) is 62.7 cm³/mol. The summed E-state index contributed by atoms with van der Waals surface area (Å²) in [5, 5.41) is 0. The highest BCUT2D eigenvalue weighted by molar-refractivity contribution is 7.86. The Morgan fingerprint density at radius 3 is 2.29 bits per heavy atom. The Hall–Kier alpha value is -1.72. The number of aromatic nitrogens is 1. The van der Waals surface area contributed by atoms with Crippen molar-refractivity contribution in [3.63, 3.8) is 0 Å². The zero-order valence-electron chi connectivity index (χ0n) is 8.98. The van der Waals surface area contributed by atoms with Crippen molar-refractivity contribution in [3.05, 3.63) is 60.4 Å². The Kier molecular flexibility index (Phi) is 3.51. The molecule has 0 amide bonds. The fraction of sp³-hybridized carbons (Fsp3) is 0.0833. The molecule has 88 valence electrons. The van der Waals surface area contributed by atoms with Gasteiger partial charge in [-0.1, -0.05) is 18.2 Å². The Bertz CT molecular complexity index is 567. The highest BCUT2D eigenvalue weighted by Gasteiger charge is 2.14. The van der Waals surface area contributed by atoms with Crippen LogP contribution in [0.15, 0.2) is 59.8 Å². The second-order valence-corrected chi connectivity index (χ2v) is 5.00. The predicted octanol–water partition coefficient (Wildman–Crippen LogP) is 1.99. The third-order valence-corrected chi connectivity index (χ3v) is 3.44. The van der Waals surface area contributed by atoms with E-state index in [1.807, 2.05) is 0 Å². The van der Waals surface area contributed by atoms with Crippen LogP contribution in [0.1, 0.15) is 5.56 Å². The highest BCUT2D eigenvalue weighted by atomic mass is 32.2. The van der Waals surface area contributed by atoms with Gasteiger partial charge in [0.25, 0.3) is 10.1 Å². The lowest BCUT2D eigenvalue weighted by Gasteiger charge is -2.05. The minimum atomic E-state index is -3.68. The van der Waals surface area contributed by atoms with Crippen molar-refractivity contribution in [2.75, 3.05) is 0 Å². The van der Waals surface area contributed by atoms with Crippen LogP contribution >= 0.6 is 0 Å². The third kappa shape index (κ3) is 3.12. The molecule has 1 aromatic heterocycles. The molecule has 0 aliphatic heterocycles. The van der Waals surface area contributed by atoms with Crippen LogP contribution in [0.3, 0.4) is 0 Å². The number of hydrogen-bond acceptors (Lipinski definition) is 4. The first kappa shape index (κ1) is 11.8. The van der Waals surface area contributed by atoms with E-state index in [2.05, 4.69) is 4.98 Å². The largest absolute Gasteiger partial charge is 0.297 e. The molecule has 0 unspecified atom stereocenters. The van der Waals surface area contributed by atoms with Gasteiger partial charge in [0, 0.05) is 12.4 Å². The molecule has 0 bridgehead atoms. The zero-order chi connectivity index (χ0) is 12.1. The lowest BCUT2D eigenvalue weighted by Crippen LogP contribution is -2.06. The van der Waals surface area contributed by atoms with Crippen molar-refractivity contribution in [2.45, 2.75) is 11.5 Å². The molecule has 2 rings (SSSR count). The third-order valence-electron chi connectivity index (χ3n) is 2.16. The van der Waals surface area contributed by atoms with Crippen LogP contribution in [0.5, 0.6) is 0 Å². The second kappa shape index (κ2) is 5.07. The van der Waals surface area contributed by atoms with Crippen LogP contribution in [0.4, 0.5) is 0 Å². The van der Waals surface area contributed by atoms with Gasteiger partial charge < -0.3 is 0 Å². The lowest BCUT2D eigenvalue weighted by molar-refractivity contribution is 0.308.